The highest BCUT2D eigenvalue weighted by Gasteiger charge is 2.79. The van der Waals surface area contributed by atoms with Gasteiger partial charge >= 0.3 is 30.0 Å². The second-order valence-electron chi connectivity index (χ2n) is 18.2. The van der Waals surface area contributed by atoms with Crippen LogP contribution in [0.1, 0.15) is 84.3 Å². The van der Waals surface area contributed by atoms with Crippen molar-refractivity contribution in [3.63, 3.8) is 0 Å². The number of amides is 1. The number of benzene rings is 2. The number of carbonyl (C=O) groups excluding carboxylic acids is 6. The summed E-state index contributed by atoms with van der Waals surface area (Å²) in [5.74, 6) is -8.52. The van der Waals surface area contributed by atoms with Gasteiger partial charge in [0.2, 0.25) is 0 Å². The molecule has 13 atom stereocenters. The first-order valence-corrected chi connectivity index (χ1v) is 20.3. The standard InChI is InChI=1S/C45H54FNO15/c1-21-26-34(58-22(2)48)37(53)44(9)35(45(61-23(3)49)20-57-38(45)28(46)36(44)52)33(60-39(54)25-18-14-11-15-19-25)27(43(26,7)8)30(50)32(21)59-40(55)31(51)29(24-16-12-10-13-17-24)47-41(56)62-42(4,5)6/h10-19,27-36,38,50-52H,20H2,1-9H3,(H,47,56)/t27?,28-,29-,30+,31+,32+,33+,34+,35?,36-,38?,44-,45+/m0/s1. The number of aliphatic hydroxyl groups excluding tert-OH is 3. The van der Waals surface area contributed by atoms with Crippen LogP contribution in [-0.4, -0.2) is 118 Å². The van der Waals surface area contributed by atoms with Crippen LogP contribution < -0.4 is 5.32 Å². The van der Waals surface area contributed by atoms with Crippen molar-refractivity contribution in [2.75, 3.05) is 6.61 Å². The number of hydrogen-bond acceptors (Lipinski definition) is 15. The summed E-state index contributed by atoms with van der Waals surface area (Å²) in [5, 5.41) is 38.8. The molecule has 1 heterocycles. The van der Waals surface area contributed by atoms with Crippen molar-refractivity contribution in [3.8, 4) is 0 Å². The van der Waals surface area contributed by atoms with Crippen molar-refractivity contribution in [2.45, 2.75) is 128 Å². The molecule has 3 unspecified atom stereocenters. The second-order valence-corrected chi connectivity index (χ2v) is 18.2. The van der Waals surface area contributed by atoms with Gasteiger partial charge < -0.3 is 49.1 Å². The number of aliphatic hydroxyl groups is 3. The molecule has 16 nitrogen and oxygen atoms in total. The first-order chi connectivity index (χ1) is 28.9. The lowest BCUT2D eigenvalue weighted by Crippen LogP contribution is -2.83. The molecule has 0 aromatic heterocycles. The maximum Gasteiger partial charge on any atom is 0.408 e. The summed E-state index contributed by atoms with van der Waals surface area (Å²) in [7, 11) is 0. The molecule has 6 rings (SSSR count). The van der Waals surface area contributed by atoms with Gasteiger partial charge in [0.05, 0.1) is 29.5 Å². The molecule has 2 bridgehead atoms. The highest BCUT2D eigenvalue weighted by Crippen LogP contribution is 2.63. The summed E-state index contributed by atoms with van der Waals surface area (Å²) in [6.45, 7) is 12.1. The molecular formula is C45H54FNO15. The van der Waals surface area contributed by atoms with Crippen LogP contribution in [0.3, 0.4) is 0 Å². The molecule has 2 saturated carbocycles. The van der Waals surface area contributed by atoms with Gasteiger partial charge in [0.25, 0.3) is 0 Å². The molecule has 62 heavy (non-hydrogen) atoms. The number of Topliss-reactive ketones (excluding diaryl/α,β-unsaturated/α-hetero) is 1. The Morgan fingerprint density at radius 3 is 2.03 bits per heavy atom. The van der Waals surface area contributed by atoms with Crippen LogP contribution in [0.15, 0.2) is 71.8 Å². The van der Waals surface area contributed by atoms with Crippen LogP contribution in [0.25, 0.3) is 0 Å². The molecule has 0 radical (unpaired) electrons. The van der Waals surface area contributed by atoms with Crippen LogP contribution >= 0.6 is 0 Å². The smallest absolute Gasteiger partial charge is 0.408 e. The van der Waals surface area contributed by atoms with E-state index in [1.165, 1.54) is 38.1 Å². The van der Waals surface area contributed by atoms with E-state index in [0.29, 0.717) is 0 Å². The molecule has 1 saturated heterocycles. The van der Waals surface area contributed by atoms with Gasteiger partial charge in [-0.1, -0.05) is 62.4 Å². The Balaban J connectivity index is 1.55. The van der Waals surface area contributed by atoms with E-state index in [9.17, 15) is 39.3 Å². The van der Waals surface area contributed by atoms with E-state index in [4.69, 9.17) is 28.4 Å². The van der Waals surface area contributed by atoms with Gasteiger partial charge in [-0.15, -0.1) is 0 Å². The van der Waals surface area contributed by atoms with Gasteiger partial charge in [-0.05, 0) is 68.9 Å². The molecule has 1 amide bonds. The molecule has 3 fully saturated rings. The number of rotatable bonds is 9. The number of alkyl carbamates (subject to hydrolysis) is 1. The fourth-order valence-electron chi connectivity index (χ4n) is 10.1. The van der Waals surface area contributed by atoms with Crippen molar-refractivity contribution >= 4 is 35.8 Å². The lowest BCUT2D eigenvalue weighted by atomic mass is 9.45. The summed E-state index contributed by atoms with van der Waals surface area (Å²) >= 11 is 0. The van der Waals surface area contributed by atoms with Gasteiger partial charge in [0.15, 0.2) is 29.8 Å². The molecule has 3 aliphatic carbocycles. The SMILES string of the molecule is CC(=O)O[C@H]1C(=O)[C@@]2(C)C([C@H](OC(=O)c3ccccc3)C3[C@@H](O)[C@H](OC(=O)[C@H](O)[C@@H](NC(=O)OC(C)(C)C)c4ccccc4)C(C)=C1C3(C)C)[C@]1(OC(C)=O)COC1[C@@H](F)[C@@H]2O. The Labute approximate surface area is 358 Å². The summed E-state index contributed by atoms with van der Waals surface area (Å²) in [4.78, 5) is 82.8. The Bertz CT molecular complexity index is 2120. The number of alkyl halides is 1. The summed E-state index contributed by atoms with van der Waals surface area (Å²) < 4.78 is 51.5. The van der Waals surface area contributed by atoms with E-state index in [0.717, 1.165) is 13.8 Å². The van der Waals surface area contributed by atoms with Crippen molar-refractivity contribution in [3.05, 3.63) is 82.9 Å². The molecule has 336 valence electrons. The minimum Gasteiger partial charge on any atom is -0.458 e. The van der Waals surface area contributed by atoms with Crippen molar-refractivity contribution < 1.29 is 76.9 Å². The Kier molecular flexibility index (Phi) is 12.5. The van der Waals surface area contributed by atoms with Gasteiger partial charge in [0, 0.05) is 19.8 Å². The first kappa shape index (κ1) is 46.3. The van der Waals surface area contributed by atoms with Crippen molar-refractivity contribution in [1.82, 2.24) is 5.32 Å². The Morgan fingerprint density at radius 1 is 0.903 bits per heavy atom. The summed E-state index contributed by atoms with van der Waals surface area (Å²) in [5.41, 5.74) is -6.78. The molecule has 1 aliphatic heterocycles. The van der Waals surface area contributed by atoms with Crippen LogP contribution in [0, 0.1) is 22.7 Å². The van der Waals surface area contributed by atoms with E-state index in [2.05, 4.69) is 5.32 Å². The average molecular weight is 868 g/mol. The highest BCUT2D eigenvalue weighted by molar-refractivity contribution is 5.95. The van der Waals surface area contributed by atoms with Crippen molar-refractivity contribution in [2.24, 2.45) is 22.7 Å². The van der Waals surface area contributed by atoms with Gasteiger partial charge in [-0.2, -0.15) is 0 Å². The number of hydrogen-bond donors (Lipinski definition) is 4. The zero-order valence-corrected chi connectivity index (χ0v) is 36.0. The van der Waals surface area contributed by atoms with Crippen LogP contribution in [0.2, 0.25) is 0 Å². The molecule has 4 N–H and O–H groups in total. The number of ketones is 1. The monoisotopic (exact) mass is 867 g/mol. The van der Waals surface area contributed by atoms with E-state index < -0.39 is 131 Å². The highest BCUT2D eigenvalue weighted by atomic mass is 19.1. The maximum absolute atomic E-state index is 16.5. The minimum atomic E-state index is -2.40. The predicted octanol–water partition coefficient (Wildman–Crippen LogP) is 3.63. The molecule has 2 aromatic carbocycles. The predicted molar refractivity (Wildman–Crippen MR) is 213 cm³/mol. The minimum absolute atomic E-state index is 0.0212. The summed E-state index contributed by atoms with van der Waals surface area (Å²) in [6.07, 6.45) is -16.8. The lowest BCUT2D eigenvalue weighted by molar-refractivity contribution is -0.354. The van der Waals surface area contributed by atoms with Gasteiger partial charge in [-0.25, -0.2) is 18.8 Å². The molecule has 4 aliphatic rings. The number of carbonyl (C=O) groups is 6. The zero-order chi connectivity index (χ0) is 45.9. The molecule has 17 heteroatoms. The zero-order valence-electron chi connectivity index (χ0n) is 36.0. The fraction of sp³-hybridized carbons (Fsp3) is 0.556. The van der Waals surface area contributed by atoms with E-state index >= 15 is 9.18 Å². The average Bonchev–Trinajstić information content (AvgIpc) is 3.18. The summed E-state index contributed by atoms with van der Waals surface area (Å²) in [6, 6.07) is 14.2. The number of ether oxygens (including phenoxy) is 6. The molecule has 2 aromatic rings. The molecular weight excluding hydrogens is 813 g/mol. The number of nitrogens with one attached hydrogen (secondary N) is 1. The third-order valence-corrected chi connectivity index (χ3v) is 12.6. The normalized spacial score (nSPS) is 33.4. The van der Waals surface area contributed by atoms with E-state index in [-0.39, 0.29) is 22.3 Å². The Hall–Kier alpha value is -5.23. The fourth-order valence-corrected chi connectivity index (χ4v) is 10.1. The third kappa shape index (κ3) is 7.99. The number of esters is 4. The van der Waals surface area contributed by atoms with Crippen LogP contribution in [0.4, 0.5) is 9.18 Å². The second kappa shape index (κ2) is 16.8. The molecule has 0 spiro atoms. The Morgan fingerprint density at radius 2 is 1.50 bits per heavy atom. The van der Waals surface area contributed by atoms with Crippen LogP contribution in [-0.2, 0) is 47.6 Å². The first-order valence-electron chi connectivity index (χ1n) is 20.3. The third-order valence-electron chi connectivity index (χ3n) is 12.6. The number of fused-ring (bicyclic) bond motifs is 5. The van der Waals surface area contributed by atoms with Gasteiger partial charge in [0.1, 0.15) is 36.1 Å². The van der Waals surface area contributed by atoms with E-state index in [1.54, 1.807) is 71.0 Å². The largest absolute Gasteiger partial charge is 0.458 e. The maximum atomic E-state index is 16.5. The topological polar surface area (TPSA) is 231 Å². The lowest BCUT2D eigenvalue weighted by Gasteiger charge is -2.66. The van der Waals surface area contributed by atoms with E-state index in [1.807, 2.05) is 0 Å². The van der Waals surface area contributed by atoms with Crippen molar-refractivity contribution in [1.29, 1.82) is 0 Å². The van der Waals surface area contributed by atoms with Gasteiger partial charge in [-0.3, -0.25) is 14.4 Å². The quantitative estimate of drug-likeness (QED) is 0.160. The van der Waals surface area contributed by atoms with Crippen LogP contribution in [0.5, 0.6) is 0 Å². The number of halogens is 1.